The minimum atomic E-state index is -0.771. The van der Waals surface area contributed by atoms with Gasteiger partial charge >= 0.3 is 5.97 Å². The second kappa shape index (κ2) is 3.35. The molecule has 0 saturated carbocycles. The predicted octanol–water partition coefficient (Wildman–Crippen LogP) is 0.815. The Morgan fingerprint density at radius 3 is 2.92 bits per heavy atom. The zero-order valence-electron chi connectivity index (χ0n) is 7.35. The zero-order valence-corrected chi connectivity index (χ0v) is 8.17. The number of carboxylic acid groups (broad SMARTS) is 1. The largest absolute Gasteiger partial charge is 0.480 e. The lowest BCUT2D eigenvalue weighted by Crippen LogP contribution is -2.45. The first kappa shape index (κ1) is 9.09. The second-order valence-electron chi connectivity index (χ2n) is 3.56. The number of carbonyl (C=O) groups is 1. The van der Waals surface area contributed by atoms with E-state index in [4.69, 9.17) is 5.11 Å². The third-order valence-corrected chi connectivity index (χ3v) is 4.17. The van der Waals surface area contributed by atoms with Gasteiger partial charge in [0.05, 0.1) is 0 Å². The van der Waals surface area contributed by atoms with Crippen molar-refractivity contribution in [2.75, 3.05) is 12.3 Å². The van der Waals surface area contributed by atoms with Gasteiger partial charge in [0.2, 0.25) is 0 Å². The van der Waals surface area contributed by atoms with Gasteiger partial charge in [0.1, 0.15) is 6.04 Å². The van der Waals surface area contributed by atoms with Crippen LogP contribution >= 0.6 is 11.8 Å². The molecule has 72 valence electrons. The van der Waals surface area contributed by atoms with Gasteiger partial charge in [-0.25, -0.2) is 0 Å². The lowest BCUT2D eigenvalue weighted by atomic mass is 10.2. The number of nitrogens with zero attached hydrogens (tertiary/aromatic N) is 1. The van der Waals surface area contributed by atoms with Crippen LogP contribution in [0.5, 0.6) is 0 Å². The Balaban J connectivity index is 2.08. The van der Waals surface area contributed by atoms with Crippen molar-refractivity contribution in [2.24, 2.45) is 0 Å². The third kappa shape index (κ3) is 1.48. The lowest BCUT2D eigenvalue weighted by molar-refractivity contribution is -0.141. The van der Waals surface area contributed by atoms with E-state index in [1.54, 1.807) is 0 Å². The Morgan fingerprint density at radius 1 is 1.77 bits per heavy atom. The van der Waals surface area contributed by atoms with Gasteiger partial charge in [0, 0.05) is 23.6 Å². The number of likely N-dealkylation sites (tertiary alicyclic amines) is 1. The van der Waals surface area contributed by atoms with Crippen LogP contribution in [0.4, 0.5) is 0 Å². The molecule has 0 aromatic rings. The first-order chi connectivity index (χ1) is 6.22. The quantitative estimate of drug-likeness (QED) is 0.683. The Bertz CT molecular complexity index is 244. The van der Waals surface area contributed by atoms with E-state index in [2.05, 4.69) is 11.5 Å². The molecule has 3 atom stereocenters. The van der Waals surface area contributed by atoms with Gasteiger partial charge in [0.25, 0.3) is 0 Å². The van der Waals surface area contributed by atoms with Gasteiger partial charge in [-0.05, 0) is 6.42 Å². The molecule has 0 radical (unpaired) electrons. The lowest BCUT2D eigenvalue weighted by Gasteiger charge is -2.29. The van der Waals surface area contributed by atoms with Crippen molar-refractivity contribution in [3.8, 4) is 0 Å². The van der Waals surface area contributed by atoms with Gasteiger partial charge in [-0.2, -0.15) is 11.8 Å². The van der Waals surface area contributed by atoms with Gasteiger partial charge in [-0.15, -0.1) is 6.58 Å². The number of rotatable bonds is 3. The average Bonchev–Trinajstić information content (AvgIpc) is 2.65. The molecule has 0 aliphatic carbocycles. The maximum Gasteiger partial charge on any atom is 0.324 e. The summed E-state index contributed by atoms with van der Waals surface area (Å²) in [7, 11) is 0. The molecule has 2 heterocycles. The van der Waals surface area contributed by atoms with Crippen LogP contribution in [0.15, 0.2) is 12.7 Å². The van der Waals surface area contributed by atoms with Gasteiger partial charge < -0.3 is 5.11 Å². The van der Waals surface area contributed by atoms with E-state index in [1.807, 2.05) is 11.8 Å². The summed E-state index contributed by atoms with van der Waals surface area (Å²) in [6.07, 6.45) is 2.69. The normalized spacial score (nSPS) is 34.8. The highest BCUT2D eigenvalue weighted by atomic mass is 32.2. The van der Waals surface area contributed by atoms with Crippen molar-refractivity contribution in [1.29, 1.82) is 0 Å². The molecule has 0 aromatic heterocycles. The fourth-order valence-corrected chi connectivity index (χ4v) is 3.61. The van der Waals surface area contributed by atoms with Crippen molar-refractivity contribution in [3.63, 3.8) is 0 Å². The van der Waals surface area contributed by atoms with E-state index in [9.17, 15) is 4.79 Å². The van der Waals surface area contributed by atoms with E-state index in [0.717, 1.165) is 18.7 Å². The summed E-state index contributed by atoms with van der Waals surface area (Å²) in [6.45, 7) is 4.50. The summed E-state index contributed by atoms with van der Waals surface area (Å²) < 4.78 is 0. The van der Waals surface area contributed by atoms with E-state index in [-0.39, 0.29) is 0 Å². The average molecular weight is 199 g/mol. The predicted molar refractivity (Wildman–Crippen MR) is 53.0 cm³/mol. The summed E-state index contributed by atoms with van der Waals surface area (Å²) in [5.74, 6) is 0.315. The standard InChI is InChI=1S/C9H13NO2S/c1-2-8(9(11)12)10-4-7-3-6(10)5-13-7/h2,6-8H,1,3-5H2,(H,11,12). The highest BCUT2D eigenvalue weighted by Crippen LogP contribution is 2.38. The number of aliphatic carboxylic acids is 1. The highest BCUT2D eigenvalue weighted by Gasteiger charge is 2.42. The van der Waals surface area contributed by atoms with Crippen LogP contribution in [0, 0.1) is 0 Å². The van der Waals surface area contributed by atoms with Gasteiger partial charge in [-0.3, -0.25) is 9.69 Å². The summed E-state index contributed by atoms with van der Waals surface area (Å²) in [5.41, 5.74) is 0. The fourth-order valence-electron chi connectivity index (χ4n) is 2.15. The molecule has 2 rings (SSSR count). The molecule has 4 heteroatoms. The second-order valence-corrected chi connectivity index (χ2v) is 4.89. The van der Waals surface area contributed by atoms with Crippen molar-refractivity contribution in [1.82, 2.24) is 4.90 Å². The fraction of sp³-hybridized carbons (Fsp3) is 0.667. The SMILES string of the molecule is C=CC(C(=O)O)N1CC2CC1CS2. The van der Waals surface area contributed by atoms with E-state index >= 15 is 0 Å². The van der Waals surface area contributed by atoms with Crippen molar-refractivity contribution >= 4 is 17.7 Å². The molecule has 2 bridgehead atoms. The monoisotopic (exact) mass is 199 g/mol. The minimum Gasteiger partial charge on any atom is -0.480 e. The maximum atomic E-state index is 10.9. The van der Waals surface area contributed by atoms with Crippen LogP contribution in [0.1, 0.15) is 6.42 Å². The summed E-state index contributed by atoms with van der Waals surface area (Å²) in [5, 5.41) is 9.60. The first-order valence-electron chi connectivity index (χ1n) is 4.45. The number of thioether (sulfide) groups is 1. The third-order valence-electron chi connectivity index (χ3n) is 2.78. The number of hydrogen-bond acceptors (Lipinski definition) is 3. The van der Waals surface area contributed by atoms with Crippen LogP contribution < -0.4 is 0 Å². The number of carboxylic acids is 1. The Labute approximate surface area is 81.8 Å². The molecular formula is C9H13NO2S. The molecule has 2 aliphatic rings. The van der Waals surface area contributed by atoms with Crippen molar-refractivity contribution in [2.45, 2.75) is 23.8 Å². The molecule has 2 saturated heterocycles. The van der Waals surface area contributed by atoms with Crippen LogP contribution in [-0.4, -0.2) is 45.6 Å². The van der Waals surface area contributed by atoms with E-state index in [0.29, 0.717) is 11.3 Å². The molecule has 0 aromatic carbocycles. The van der Waals surface area contributed by atoms with Crippen LogP contribution in [0.25, 0.3) is 0 Å². The van der Waals surface area contributed by atoms with Crippen LogP contribution in [-0.2, 0) is 4.79 Å². The van der Waals surface area contributed by atoms with E-state index in [1.165, 1.54) is 6.08 Å². The molecule has 0 amide bonds. The molecular weight excluding hydrogens is 186 g/mol. The molecule has 13 heavy (non-hydrogen) atoms. The van der Waals surface area contributed by atoms with Crippen molar-refractivity contribution in [3.05, 3.63) is 12.7 Å². The summed E-state index contributed by atoms with van der Waals surface area (Å²) in [6, 6.07) is -0.00926. The Morgan fingerprint density at radius 2 is 2.54 bits per heavy atom. The summed E-state index contributed by atoms with van der Waals surface area (Å²) in [4.78, 5) is 12.9. The van der Waals surface area contributed by atoms with Crippen LogP contribution in [0.2, 0.25) is 0 Å². The maximum absolute atomic E-state index is 10.9. The minimum absolute atomic E-state index is 0.467. The van der Waals surface area contributed by atoms with E-state index < -0.39 is 12.0 Å². The summed E-state index contributed by atoms with van der Waals surface area (Å²) >= 11 is 1.97. The van der Waals surface area contributed by atoms with Crippen LogP contribution in [0.3, 0.4) is 0 Å². The Kier molecular flexibility index (Phi) is 2.34. The smallest absolute Gasteiger partial charge is 0.324 e. The zero-order chi connectivity index (χ0) is 9.42. The molecule has 2 fully saturated rings. The number of hydrogen-bond donors (Lipinski definition) is 1. The van der Waals surface area contributed by atoms with Gasteiger partial charge in [-0.1, -0.05) is 6.08 Å². The molecule has 3 nitrogen and oxygen atoms in total. The molecule has 3 unspecified atom stereocenters. The Hall–Kier alpha value is -0.480. The van der Waals surface area contributed by atoms with Gasteiger partial charge in [0.15, 0.2) is 0 Å². The topological polar surface area (TPSA) is 40.5 Å². The molecule has 2 aliphatic heterocycles. The molecule has 1 N–H and O–H groups in total. The molecule has 0 spiro atoms. The first-order valence-corrected chi connectivity index (χ1v) is 5.50. The number of fused-ring (bicyclic) bond motifs is 2. The highest BCUT2D eigenvalue weighted by molar-refractivity contribution is 8.00. The van der Waals surface area contributed by atoms with Crippen molar-refractivity contribution < 1.29 is 9.90 Å².